The van der Waals surface area contributed by atoms with Gasteiger partial charge in [-0.3, -0.25) is 0 Å². The summed E-state index contributed by atoms with van der Waals surface area (Å²) in [5.41, 5.74) is 1.21. The molecule has 0 amide bonds. The van der Waals surface area contributed by atoms with E-state index in [-0.39, 0.29) is 5.92 Å². The fraction of sp³-hybridized carbons (Fsp3) is 0.571. The van der Waals surface area contributed by atoms with Gasteiger partial charge < -0.3 is 10.2 Å². The van der Waals surface area contributed by atoms with Crippen LogP contribution in [-0.2, 0) is 0 Å². The van der Waals surface area contributed by atoms with Crippen LogP contribution in [0.15, 0.2) is 30.3 Å². The lowest BCUT2D eigenvalue weighted by Crippen LogP contribution is -2.27. The summed E-state index contributed by atoms with van der Waals surface area (Å²) in [6.45, 7) is 4.09. The molecule has 0 aromatic heterocycles. The predicted octanol–water partition coefficient (Wildman–Crippen LogP) is 2.70. The second-order valence-electron chi connectivity index (χ2n) is 4.47. The SMILES string of the molecule is CCCC(O)C(O)CC(C)c1ccccc1. The van der Waals surface area contributed by atoms with Crippen LogP contribution < -0.4 is 0 Å². The van der Waals surface area contributed by atoms with E-state index in [1.54, 1.807) is 0 Å². The highest BCUT2D eigenvalue weighted by molar-refractivity contribution is 5.18. The van der Waals surface area contributed by atoms with Gasteiger partial charge in [-0.15, -0.1) is 0 Å². The lowest BCUT2D eigenvalue weighted by atomic mass is 9.92. The first-order chi connectivity index (χ1) is 7.65. The van der Waals surface area contributed by atoms with E-state index in [4.69, 9.17) is 0 Å². The van der Waals surface area contributed by atoms with Crippen molar-refractivity contribution < 1.29 is 10.2 Å². The predicted molar refractivity (Wildman–Crippen MR) is 66.4 cm³/mol. The van der Waals surface area contributed by atoms with Crippen molar-refractivity contribution in [3.8, 4) is 0 Å². The number of aliphatic hydroxyl groups excluding tert-OH is 2. The molecule has 0 saturated carbocycles. The molecule has 0 spiro atoms. The van der Waals surface area contributed by atoms with Crippen LogP contribution in [0.5, 0.6) is 0 Å². The molecule has 1 aromatic carbocycles. The standard InChI is InChI=1S/C14H22O2/c1-3-7-13(15)14(16)10-11(2)12-8-5-4-6-9-12/h4-6,8-9,11,13-16H,3,7,10H2,1-2H3. The maximum absolute atomic E-state index is 9.83. The molecule has 2 nitrogen and oxygen atoms in total. The average molecular weight is 222 g/mol. The van der Waals surface area contributed by atoms with Crippen LogP contribution in [0, 0.1) is 0 Å². The molecule has 0 fully saturated rings. The van der Waals surface area contributed by atoms with Gasteiger partial charge in [-0.05, 0) is 24.3 Å². The van der Waals surface area contributed by atoms with E-state index in [1.807, 2.05) is 25.1 Å². The quantitative estimate of drug-likeness (QED) is 0.777. The third kappa shape index (κ3) is 3.95. The summed E-state index contributed by atoms with van der Waals surface area (Å²) in [6.07, 6.45) is 0.984. The van der Waals surface area contributed by atoms with Crippen molar-refractivity contribution in [3.05, 3.63) is 35.9 Å². The maximum Gasteiger partial charge on any atom is 0.0804 e. The van der Waals surface area contributed by atoms with E-state index >= 15 is 0 Å². The van der Waals surface area contributed by atoms with E-state index in [0.717, 1.165) is 6.42 Å². The summed E-state index contributed by atoms with van der Waals surface area (Å²) < 4.78 is 0. The molecule has 0 aliphatic heterocycles. The second kappa shape index (κ2) is 6.66. The number of benzene rings is 1. The van der Waals surface area contributed by atoms with Crippen molar-refractivity contribution in [1.29, 1.82) is 0 Å². The fourth-order valence-corrected chi connectivity index (χ4v) is 1.93. The molecular weight excluding hydrogens is 200 g/mol. The van der Waals surface area contributed by atoms with Crippen LogP contribution in [0.2, 0.25) is 0 Å². The highest BCUT2D eigenvalue weighted by Gasteiger charge is 2.18. The molecule has 0 heterocycles. The Morgan fingerprint density at radius 2 is 1.69 bits per heavy atom. The molecule has 0 bridgehead atoms. The van der Waals surface area contributed by atoms with Crippen molar-refractivity contribution in [2.24, 2.45) is 0 Å². The van der Waals surface area contributed by atoms with Gasteiger partial charge in [0.1, 0.15) is 0 Å². The zero-order valence-electron chi connectivity index (χ0n) is 10.1. The Hall–Kier alpha value is -0.860. The van der Waals surface area contributed by atoms with E-state index in [1.165, 1.54) is 5.56 Å². The molecule has 0 aliphatic rings. The lowest BCUT2D eigenvalue weighted by Gasteiger charge is -2.21. The lowest BCUT2D eigenvalue weighted by molar-refractivity contribution is 0.00638. The number of rotatable bonds is 6. The average Bonchev–Trinajstić information content (AvgIpc) is 2.30. The smallest absolute Gasteiger partial charge is 0.0804 e. The molecule has 1 rings (SSSR count). The minimum Gasteiger partial charge on any atom is -0.390 e. The van der Waals surface area contributed by atoms with Crippen LogP contribution in [-0.4, -0.2) is 22.4 Å². The van der Waals surface area contributed by atoms with Crippen molar-refractivity contribution in [3.63, 3.8) is 0 Å². The monoisotopic (exact) mass is 222 g/mol. The number of hydrogen-bond acceptors (Lipinski definition) is 2. The Morgan fingerprint density at radius 1 is 1.06 bits per heavy atom. The van der Waals surface area contributed by atoms with Gasteiger partial charge >= 0.3 is 0 Å². The van der Waals surface area contributed by atoms with Gasteiger partial charge in [0.25, 0.3) is 0 Å². The first-order valence-corrected chi connectivity index (χ1v) is 6.06. The van der Waals surface area contributed by atoms with Crippen LogP contribution in [0.25, 0.3) is 0 Å². The summed E-state index contributed by atoms with van der Waals surface area (Å²) in [6, 6.07) is 10.1. The molecule has 90 valence electrons. The summed E-state index contributed by atoms with van der Waals surface area (Å²) in [4.78, 5) is 0. The van der Waals surface area contributed by atoms with Gasteiger partial charge in [-0.25, -0.2) is 0 Å². The third-order valence-corrected chi connectivity index (χ3v) is 2.99. The Labute approximate surface area is 97.9 Å². The summed E-state index contributed by atoms with van der Waals surface area (Å²) in [7, 11) is 0. The first-order valence-electron chi connectivity index (χ1n) is 6.06. The molecule has 0 radical (unpaired) electrons. The largest absolute Gasteiger partial charge is 0.390 e. The zero-order chi connectivity index (χ0) is 12.0. The normalized spacial score (nSPS) is 16.8. The minimum atomic E-state index is -0.616. The van der Waals surface area contributed by atoms with Gasteiger partial charge in [-0.2, -0.15) is 0 Å². The summed E-state index contributed by atoms with van der Waals surface area (Å²) in [5.74, 6) is 0.280. The Balaban J connectivity index is 2.48. The molecule has 3 atom stereocenters. The van der Waals surface area contributed by atoms with Crippen molar-refractivity contribution in [2.75, 3.05) is 0 Å². The van der Waals surface area contributed by atoms with Gasteiger partial charge in [0.15, 0.2) is 0 Å². The van der Waals surface area contributed by atoms with Crippen molar-refractivity contribution >= 4 is 0 Å². The van der Waals surface area contributed by atoms with E-state index in [2.05, 4.69) is 19.1 Å². The van der Waals surface area contributed by atoms with Crippen LogP contribution >= 0.6 is 0 Å². The number of aliphatic hydroxyl groups is 2. The Morgan fingerprint density at radius 3 is 2.25 bits per heavy atom. The molecule has 16 heavy (non-hydrogen) atoms. The highest BCUT2D eigenvalue weighted by Crippen LogP contribution is 2.22. The molecule has 2 heteroatoms. The molecule has 0 saturated heterocycles. The summed E-state index contributed by atoms with van der Waals surface area (Å²) >= 11 is 0. The van der Waals surface area contributed by atoms with Crippen LogP contribution in [0.1, 0.15) is 44.6 Å². The topological polar surface area (TPSA) is 40.5 Å². The molecule has 3 unspecified atom stereocenters. The van der Waals surface area contributed by atoms with Gasteiger partial charge in [0.05, 0.1) is 12.2 Å². The minimum absolute atomic E-state index is 0.280. The van der Waals surface area contributed by atoms with Gasteiger partial charge in [0.2, 0.25) is 0 Å². The molecule has 2 N–H and O–H groups in total. The Kier molecular flexibility index (Phi) is 5.50. The first kappa shape index (κ1) is 13.2. The van der Waals surface area contributed by atoms with Gasteiger partial charge in [-0.1, -0.05) is 50.6 Å². The highest BCUT2D eigenvalue weighted by atomic mass is 16.3. The molecule has 1 aromatic rings. The van der Waals surface area contributed by atoms with Crippen LogP contribution in [0.4, 0.5) is 0 Å². The number of hydrogen-bond donors (Lipinski definition) is 2. The maximum atomic E-state index is 9.83. The summed E-state index contributed by atoms with van der Waals surface area (Å²) in [5, 5.41) is 19.5. The second-order valence-corrected chi connectivity index (χ2v) is 4.47. The van der Waals surface area contributed by atoms with E-state index in [9.17, 15) is 10.2 Å². The Bertz CT molecular complexity index is 284. The van der Waals surface area contributed by atoms with Crippen molar-refractivity contribution in [2.45, 2.75) is 51.2 Å². The third-order valence-electron chi connectivity index (χ3n) is 2.99. The molecule has 0 aliphatic carbocycles. The fourth-order valence-electron chi connectivity index (χ4n) is 1.93. The van der Waals surface area contributed by atoms with Crippen molar-refractivity contribution in [1.82, 2.24) is 0 Å². The zero-order valence-corrected chi connectivity index (χ0v) is 10.1. The molecular formula is C14H22O2. The van der Waals surface area contributed by atoms with Gasteiger partial charge in [0, 0.05) is 0 Å². The van der Waals surface area contributed by atoms with E-state index < -0.39 is 12.2 Å². The van der Waals surface area contributed by atoms with Crippen LogP contribution in [0.3, 0.4) is 0 Å². The van der Waals surface area contributed by atoms with E-state index in [0.29, 0.717) is 12.8 Å².